The molecule has 1 N–H and O–H groups in total. The molecule has 1 aliphatic rings. The molecule has 1 saturated heterocycles. The summed E-state index contributed by atoms with van der Waals surface area (Å²) in [6.07, 6.45) is -4.15. The lowest BCUT2D eigenvalue weighted by molar-refractivity contribution is -0.140. The maximum Gasteiger partial charge on any atom is 0.419 e. The standard InChI is InChI=1S/C12H11F4NO.ClH/c13-9-2-1-7(5-8(9)12(14,15)16)6-11(18)10-3-4-17-10;/h1-2,5,10,17H,3-4,6H2;1H/t10-;/m0./s1. The third-order valence-corrected chi connectivity index (χ3v) is 2.93. The first-order chi connectivity index (χ1) is 8.38. The summed E-state index contributed by atoms with van der Waals surface area (Å²) < 4.78 is 50.4. The molecule has 0 amide bonds. The first-order valence-corrected chi connectivity index (χ1v) is 5.49. The number of Topliss-reactive ketones (excluding diaryl/α,β-unsaturated/α-hetero) is 1. The van der Waals surface area contributed by atoms with E-state index in [1.165, 1.54) is 6.07 Å². The number of benzene rings is 1. The van der Waals surface area contributed by atoms with Gasteiger partial charge in [-0.15, -0.1) is 12.4 Å². The van der Waals surface area contributed by atoms with Crippen LogP contribution in [0.2, 0.25) is 0 Å². The predicted octanol–water partition coefficient (Wildman–Crippen LogP) is 2.74. The van der Waals surface area contributed by atoms with Crippen molar-refractivity contribution < 1.29 is 22.4 Å². The van der Waals surface area contributed by atoms with Crippen LogP contribution in [0.25, 0.3) is 0 Å². The third-order valence-electron chi connectivity index (χ3n) is 2.93. The Bertz CT molecular complexity index is 471. The molecule has 0 radical (unpaired) electrons. The highest BCUT2D eigenvalue weighted by Crippen LogP contribution is 2.32. The molecule has 1 atom stereocenters. The minimum Gasteiger partial charge on any atom is -0.307 e. The zero-order valence-electron chi connectivity index (χ0n) is 9.76. The van der Waals surface area contributed by atoms with Crippen LogP contribution in [0.15, 0.2) is 18.2 Å². The van der Waals surface area contributed by atoms with Crippen molar-refractivity contribution in [3.8, 4) is 0 Å². The van der Waals surface area contributed by atoms with Gasteiger partial charge in [-0.1, -0.05) is 6.07 Å². The van der Waals surface area contributed by atoms with Gasteiger partial charge in [0.1, 0.15) is 5.82 Å². The Morgan fingerprint density at radius 3 is 2.47 bits per heavy atom. The Morgan fingerprint density at radius 1 is 1.37 bits per heavy atom. The second-order valence-corrected chi connectivity index (χ2v) is 4.25. The van der Waals surface area contributed by atoms with Crippen LogP contribution in [-0.4, -0.2) is 18.4 Å². The fraction of sp³-hybridized carbons (Fsp3) is 0.417. The van der Waals surface area contributed by atoms with Crippen molar-refractivity contribution in [1.29, 1.82) is 0 Å². The molecule has 0 spiro atoms. The summed E-state index contributed by atoms with van der Waals surface area (Å²) in [6.45, 7) is 0.744. The Balaban J connectivity index is 0.00000180. The summed E-state index contributed by atoms with van der Waals surface area (Å²) in [5, 5.41) is 2.88. The van der Waals surface area contributed by atoms with E-state index in [0.29, 0.717) is 12.5 Å². The van der Waals surface area contributed by atoms with Crippen LogP contribution in [0.1, 0.15) is 17.5 Å². The van der Waals surface area contributed by atoms with E-state index in [-0.39, 0.29) is 36.2 Å². The number of carbonyl (C=O) groups is 1. The largest absolute Gasteiger partial charge is 0.419 e. The normalized spacial score (nSPS) is 18.4. The molecule has 1 aromatic rings. The summed E-state index contributed by atoms with van der Waals surface area (Å²) in [6, 6.07) is 2.39. The molecule has 0 saturated carbocycles. The van der Waals surface area contributed by atoms with E-state index in [1.807, 2.05) is 0 Å². The fourth-order valence-corrected chi connectivity index (χ4v) is 1.79. The second kappa shape index (κ2) is 5.88. The Morgan fingerprint density at radius 2 is 2.00 bits per heavy atom. The number of hydrogen-bond donors (Lipinski definition) is 1. The van der Waals surface area contributed by atoms with Crippen molar-refractivity contribution in [1.82, 2.24) is 5.32 Å². The maximum absolute atomic E-state index is 13.0. The molecular formula is C12H12ClF4NO. The lowest BCUT2D eigenvalue weighted by Crippen LogP contribution is -2.49. The van der Waals surface area contributed by atoms with Crippen molar-refractivity contribution in [3.63, 3.8) is 0 Å². The van der Waals surface area contributed by atoms with Crippen LogP contribution < -0.4 is 5.32 Å². The van der Waals surface area contributed by atoms with Gasteiger partial charge >= 0.3 is 6.18 Å². The Kier molecular flexibility index (Phi) is 4.92. The average Bonchev–Trinajstić information content (AvgIpc) is 2.16. The number of rotatable bonds is 3. The van der Waals surface area contributed by atoms with Crippen LogP contribution in [0.4, 0.5) is 17.6 Å². The molecule has 2 rings (SSSR count). The summed E-state index contributed by atoms with van der Waals surface area (Å²) in [7, 11) is 0. The van der Waals surface area contributed by atoms with E-state index in [1.54, 1.807) is 0 Å². The molecule has 0 bridgehead atoms. The number of alkyl halides is 3. The van der Waals surface area contributed by atoms with E-state index in [9.17, 15) is 22.4 Å². The highest BCUT2D eigenvalue weighted by Gasteiger charge is 2.34. The molecule has 19 heavy (non-hydrogen) atoms. The Labute approximate surface area is 113 Å². The average molecular weight is 298 g/mol. The minimum absolute atomic E-state index is 0. The first kappa shape index (κ1) is 15.9. The van der Waals surface area contributed by atoms with Gasteiger partial charge in [-0.25, -0.2) is 4.39 Å². The van der Waals surface area contributed by atoms with Gasteiger partial charge in [0.2, 0.25) is 0 Å². The molecule has 1 heterocycles. The van der Waals surface area contributed by atoms with E-state index >= 15 is 0 Å². The maximum atomic E-state index is 13.0. The number of halogens is 5. The van der Waals surface area contributed by atoms with Crippen molar-refractivity contribution in [2.45, 2.75) is 25.1 Å². The molecule has 1 fully saturated rings. The van der Waals surface area contributed by atoms with Crippen molar-refractivity contribution in [2.75, 3.05) is 6.54 Å². The quantitative estimate of drug-likeness (QED) is 0.869. The number of hydrogen-bond acceptors (Lipinski definition) is 2. The molecular weight excluding hydrogens is 286 g/mol. The lowest BCUT2D eigenvalue weighted by Gasteiger charge is -2.26. The molecule has 106 valence electrons. The van der Waals surface area contributed by atoms with Gasteiger partial charge < -0.3 is 5.32 Å². The first-order valence-electron chi connectivity index (χ1n) is 5.49. The molecule has 1 aliphatic heterocycles. The molecule has 0 aromatic heterocycles. The predicted molar refractivity (Wildman–Crippen MR) is 63.8 cm³/mol. The molecule has 0 unspecified atom stereocenters. The van der Waals surface area contributed by atoms with Gasteiger partial charge in [-0.3, -0.25) is 4.79 Å². The van der Waals surface area contributed by atoms with Crippen molar-refractivity contribution >= 4 is 18.2 Å². The van der Waals surface area contributed by atoms with E-state index in [2.05, 4.69) is 5.32 Å². The summed E-state index contributed by atoms with van der Waals surface area (Å²) >= 11 is 0. The van der Waals surface area contributed by atoms with Crippen LogP contribution in [0.5, 0.6) is 0 Å². The van der Waals surface area contributed by atoms with E-state index in [0.717, 1.165) is 12.6 Å². The monoisotopic (exact) mass is 297 g/mol. The zero-order valence-corrected chi connectivity index (χ0v) is 10.6. The summed E-state index contributed by atoms with van der Waals surface area (Å²) in [4.78, 5) is 11.6. The van der Waals surface area contributed by atoms with Gasteiger partial charge in [-0.2, -0.15) is 13.2 Å². The number of ketones is 1. The molecule has 1 aromatic carbocycles. The third kappa shape index (κ3) is 3.67. The highest BCUT2D eigenvalue weighted by molar-refractivity contribution is 5.86. The van der Waals surface area contributed by atoms with Gasteiger partial charge in [0.25, 0.3) is 0 Å². The topological polar surface area (TPSA) is 29.1 Å². The van der Waals surface area contributed by atoms with Crippen molar-refractivity contribution in [3.05, 3.63) is 35.1 Å². The zero-order chi connectivity index (χ0) is 13.3. The number of carbonyl (C=O) groups excluding carboxylic acids is 1. The molecule has 0 aliphatic carbocycles. The van der Waals surface area contributed by atoms with Crippen molar-refractivity contribution in [2.24, 2.45) is 0 Å². The van der Waals surface area contributed by atoms with E-state index < -0.39 is 17.6 Å². The van der Waals surface area contributed by atoms with Gasteiger partial charge in [0.15, 0.2) is 5.78 Å². The Hall–Kier alpha value is -1.14. The summed E-state index contributed by atoms with van der Waals surface area (Å²) in [5.41, 5.74) is -1.14. The number of nitrogens with one attached hydrogen (secondary N) is 1. The van der Waals surface area contributed by atoms with Crippen LogP contribution in [0, 0.1) is 5.82 Å². The minimum atomic E-state index is -4.74. The van der Waals surface area contributed by atoms with Crippen LogP contribution >= 0.6 is 12.4 Å². The van der Waals surface area contributed by atoms with Crippen LogP contribution in [-0.2, 0) is 17.4 Å². The van der Waals surface area contributed by atoms with E-state index in [4.69, 9.17) is 0 Å². The molecule has 2 nitrogen and oxygen atoms in total. The van der Waals surface area contributed by atoms with Crippen LogP contribution in [0.3, 0.4) is 0 Å². The van der Waals surface area contributed by atoms with Gasteiger partial charge in [0, 0.05) is 6.42 Å². The molecule has 7 heteroatoms. The second-order valence-electron chi connectivity index (χ2n) is 4.25. The summed E-state index contributed by atoms with van der Waals surface area (Å²) in [5.74, 6) is -1.48. The highest BCUT2D eigenvalue weighted by atomic mass is 35.5. The SMILES string of the molecule is Cl.O=C(Cc1ccc(F)c(C(F)(F)F)c1)[C@@H]1CCN1. The fourth-order valence-electron chi connectivity index (χ4n) is 1.79. The van der Waals surface area contributed by atoms with Gasteiger partial charge in [-0.05, 0) is 30.7 Å². The smallest absolute Gasteiger partial charge is 0.307 e. The lowest BCUT2D eigenvalue weighted by atomic mass is 9.96. The van der Waals surface area contributed by atoms with Gasteiger partial charge in [0.05, 0.1) is 11.6 Å².